The van der Waals surface area contributed by atoms with E-state index < -0.39 is 5.60 Å². The number of nitrogens with zero attached hydrogens (tertiary/aromatic N) is 1. The molecule has 1 aliphatic heterocycles. The summed E-state index contributed by atoms with van der Waals surface area (Å²) in [5.74, 6) is 0. The van der Waals surface area contributed by atoms with Crippen molar-refractivity contribution in [1.82, 2.24) is 4.90 Å². The van der Waals surface area contributed by atoms with Gasteiger partial charge in [0.2, 0.25) is 0 Å². The summed E-state index contributed by atoms with van der Waals surface area (Å²) < 4.78 is 0. The number of carbonyl (C=O) groups is 1. The normalized spacial score (nSPS) is 30.6. The Balaban J connectivity index is 2.53. The van der Waals surface area contributed by atoms with Crippen molar-refractivity contribution in [2.24, 2.45) is 5.41 Å². The summed E-state index contributed by atoms with van der Waals surface area (Å²) in [5.41, 5.74) is -0.734. The Labute approximate surface area is 105 Å². The molecule has 1 rings (SSSR count). The van der Waals surface area contributed by atoms with Crippen molar-refractivity contribution in [3.63, 3.8) is 0 Å². The number of aliphatic hydroxyl groups is 1. The molecule has 1 heterocycles. The SMILES string of the molecule is CCCC(C)(C=O)CN1CCCC(C)(O)CC1. The number of hydrogen-bond donors (Lipinski definition) is 1. The minimum Gasteiger partial charge on any atom is -0.390 e. The van der Waals surface area contributed by atoms with E-state index in [1.54, 1.807) is 0 Å². The van der Waals surface area contributed by atoms with Gasteiger partial charge in [0.1, 0.15) is 6.29 Å². The maximum atomic E-state index is 11.2. The van der Waals surface area contributed by atoms with Crippen LogP contribution in [0.2, 0.25) is 0 Å². The summed E-state index contributed by atoms with van der Waals surface area (Å²) in [4.78, 5) is 13.6. The topological polar surface area (TPSA) is 40.5 Å². The molecule has 1 saturated heterocycles. The van der Waals surface area contributed by atoms with Gasteiger partial charge in [-0.05, 0) is 39.2 Å². The Morgan fingerprint density at radius 2 is 2.12 bits per heavy atom. The molecule has 0 radical (unpaired) electrons. The summed E-state index contributed by atoms with van der Waals surface area (Å²) in [7, 11) is 0. The van der Waals surface area contributed by atoms with Crippen LogP contribution in [-0.4, -0.2) is 41.5 Å². The monoisotopic (exact) mass is 241 g/mol. The number of likely N-dealkylation sites (tertiary alicyclic amines) is 1. The molecule has 0 spiro atoms. The van der Waals surface area contributed by atoms with E-state index in [-0.39, 0.29) is 5.41 Å². The van der Waals surface area contributed by atoms with Crippen LogP contribution in [0, 0.1) is 5.41 Å². The molecule has 1 fully saturated rings. The Morgan fingerprint density at radius 3 is 2.71 bits per heavy atom. The predicted molar refractivity (Wildman–Crippen MR) is 70.0 cm³/mol. The number of carbonyl (C=O) groups excluding carboxylic acids is 1. The van der Waals surface area contributed by atoms with E-state index in [4.69, 9.17) is 0 Å². The van der Waals surface area contributed by atoms with E-state index in [2.05, 4.69) is 11.8 Å². The second kappa shape index (κ2) is 5.96. The number of aldehydes is 1. The van der Waals surface area contributed by atoms with Crippen LogP contribution in [0.4, 0.5) is 0 Å². The van der Waals surface area contributed by atoms with Gasteiger partial charge in [-0.1, -0.05) is 20.3 Å². The first-order valence-electron chi connectivity index (χ1n) is 6.82. The van der Waals surface area contributed by atoms with Crippen LogP contribution in [0.25, 0.3) is 0 Å². The molecule has 100 valence electrons. The first-order valence-corrected chi connectivity index (χ1v) is 6.82. The molecule has 1 aliphatic rings. The van der Waals surface area contributed by atoms with Crippen LogP contribution >= 0.6 is 0 Å². The molecular formula is C14H27NO2. The van der Waals surface area contributed by atoms with Crippen molar-refractivity contribution in [3.8, 4) is 0 Å². The molecule has 0 amide bonds. The molecule has 17 heavy (non-hydrogen) atoms. The zero-order valence-electron chi connectivity index (χ0n) is 11.5. The molecular weight excluding hydrogens is 214 g/mol. The Kier molecular flexibility index (Phi) is 5.14. The first-order chi connectivity index (χ1) is 7.91. The lowest BCUT2D eigenvalue weighted by molar-refractivity contribution is -0.116. The molecule has 3 nitrogen and oxygen atoms in total. The van der Waals surface area contributed by atoms with Crippen molar-refractivity contribution in [1.29, 1.82) is 0 Å². The maximum Gasteiger partial charge on any atom is 0.127 e. The summed E-state index contributed by atoms with van der Waals surface area (Å²) in [5, 5.41) is 10.0. The zero-order chi connectivity index (χ0) is 12.9. The standard InChI is InChI=1S/C14H27NO2/c1-4-6-13(2,12-16)11-15-9-5-7-14(3,17)8-10-15/h12,17H,4-11H2,1-3H3. The lowest BCUT2D eigenvalue weighted by Crippen LogP contribution is -2.38. The molecule has 0 aromatic heterocycles. The second-order valence-electron chi connectivity index (χ2n) is 6.15. The van der Waals surface area contributed by atoms with Crippen molar-refractivity contribution in [2.45, 2.75) is 58.5 Å². The van der Waals surface area contributed by atoms with E-state index >= 15 is 0 Å². The molecule has 0 aliphatic carbocycles. The molecule has 1 N–H and O–H groups in total. The fraction of sp³-hybridized carbons (Fsp3) is 0.929. The Morgan fingerprint density at radius 1 is 1.41 bits per heavy atom. The largest absolute Gasteiger partial charge is 0.390 e. The average molecular weight is 241 g/mol. The van der Waals surface area contributed by atoms with Crippen LogP contribution in [0.15, 0.2) is 0 Å². The van der Waals surface area contributed by atoms with Gasteiger partial charge in [0.05, 0.1) is 5.60 Å². The van der Waals surface area contributed by atoms with E-state index in [1.165, 1.54) is 0 Å². The van der Waals surface area contributed by atoms with Crippen LogP contribution < -0.4 is 0 Å². The van der Waals surface area contributed by atoms with Crippen LogP contribution in [0.1, 0.15) is 52.9 Å². The lowest BCUT2D eigenvalue weighted by Gasteiger charge is -2.31. The quantitative estimate of drug-likeness (QED) is 0.750. The third-order valence-corrected chi connectivity index (χ3v) is 3.85. The van der Waals surface area contributed by atoms with E-state index in [1.807, 2.05) is 13.8 Å². The fourth-order valence-electron chi connectivity index (χ4n) is 2.73. The van der Waals surface area contributed by atoms with Gasteiger partial charge in [0.25, 0.3) is 0 Å². The summed E-state index contributed by atoms with van der Waals surface area (Å²) in [6.45, 7) is 8.83. The number of hydrogen-bond acceptors (Lipinski definition) is 3. The first kappa shape index (κ1) is 14.7. The predicted octanol–water partition coefficient (Wildman–Crippen LogP) is 2.23. The highest BCUT2D eigenvalue weighted by Gasteiger charge is 2.30. The zero-order valence-corrected chi connectivity index (χ0v) is 11.5. The highest BCUT2D eigenvalue weighted by Crippen LogP contribution is 2.26. The van der Waals surface area contributed by atoms with Crippen molar-refractivity contribution < 1.29 is 9.90 Å². The Bertz CT molecular complexity index is 253. The minimum atomic E-state index is -0.517. The van der Waals surface area contributed by atoms with Gasteiger partial charge in [-0.3, -0.25) is 0 Å². The van der Waals surface area contributed by atoms with Gasteiger partial charge in [-0.15, -0.1) is 0 Å². The highest BCUT2D eigenvalue weighted by molar-refractivity contribution is 5.59. The summed E-state index contributed by atoms with van der Waals surface area (Å²) >= 11 is 0. The highest BCUT2D eigenvalue weighted by atomic mass is 16.3. The summed E-state index contributed by atoms with van der Waals surface area (Å²) in [6.07, 6.45) is 5.81. The van der Waals surface area contributed by atoms with Gasteiger partial charge in [-0.2, -0.15) is 0 Å². The second-order valence-corrected chi connectivity index (χ2v) is 6.15. The molecule has 0 bridgehead atoms. The van der Waals surface area contributed by atoms with Crippen molar-refractivity contribution >= 4 is 6.29 Å². The summed E-state index contributed by atoms with van der Waals surface area (Å²) in [6, 6.07) is 0. The smallest absolute Gasteiger partial charge is 0.127 e. The maximum absolute atomic E-state index is 11.2. The average Bonchev–Trinajstić information content (AvgIpc) is 2.41. The third-order valence-electron chi connectivity index (χ3n) is 3.85. The van der Waals surface area contributed by atoms with Crippen molar-refractivity contribution in [2.75, 3.05) is 19.6 Å². The van der Waals surface area contributed by atoms with E-state index in [0.29, 0.717) is 0 Å². The molecule has 2 atom stereocenters. The molecule has 0 aromatic rings. The van der Waals surface area contributed by atoms with Gasteiger partial charge >= 0.3 is 0 Å². The molecule has 2 unspecified atom stereocenters. The van der Waals surface area contributed by atoms with Crippen molar-refractivity contribution in [3.05, 3.63) is 0 Å². The molecule has 0 saturated carbocycles. The third kappa shape index (κ3) is 4.76. The van der Waals surface area contributed by atoms with E-state index in [9.17, 15) is 9.90 Å². The van der Waals surface area contributed by atoms with Gasteiger partial charge in [-0.25, -0.2) is 0 Å². The lowest BCUT2D eigenvalue weighted by atomic mass is 9.86. The number of rotatable bonds is 5. The van der Waals surface area contributed by atoms with Gasteiger partial charge in [0.15, 0.2) is 0 Å². The molecule has 3 heteroatoms. The van der Waals surface area contributed by atoms with Crippen LogP contribution in [0.5, 0.6) is 0 Å². The van der Waals surface area contributed by atoms with Gasteiger partial charge in [0, 0.05) is 18.5 Å². The van der Waals surface area contributed by atoms with E-state index in [0.717, 1.165) is 58.0 Å². The Hall–Kier alpha value is -0.410. The van der Waals surface area contributed by atoms with Crippen LogP contribution in [0.3, 0.4) is 0 Å². The van der Waals surface area contributed by atoms with Gasteiger partial charge < -0.3 is 14.8 Å². The fourth-order valence-corrected chi connectivity index (χ4v) is 2.73. The molecule has 0 aromatic carbocycles. The minimum absolute atomic E-state index is 0.217. The van der Waals surface area contributed by atoms with Crippen LogP contribution in [-0.2, 0) is 4.79 Å².